The molecule has 4 rings (SSSR count). The number of carbonyl (C=O) groups is 1. The van der Waals surface area contributed by atoms with Gasteiger partial charge in [-0.05, 0) is 42.5 Å². The Balaban J connectivity index is 1.41. The maximum Gasteiger partial charge on any atom is 0.254 e. The number of fused-ring (bicyclic) bond motifs is 1. The maximum absolute atomic E-state index is 12.3. The second-order valence-electron chi connectivity index (χ2n) is 6.02. The molecular formula is C19H17N5O. The molecule has 0 fully saturated rings. The number of rotatable bonds is 4. The molecule has 3 heterocycles. The monoisotopic (exact) mass is 331 g/mol. The van der Waals surface area contributed by atoms with E-state index in [4.69, 9.17) is 0 Å². The van der Waals surface area contributed by atoms with Crippen LogP contribution in [0.15, 0.2) is 49.2 Å². The third-order valence-corrected chi connectivity index (χ3v) is 4.26. The summed E-state index contributed by atoms with van der Waals surface area (Å²) in [6.07, 6.45) is 11.6. The van der Waals surface area contributed by atoms with Crippen molar-refractivity contribution in [3.8, 4) is 11.4 Å². The van der Waals surface area contributed by atoms with E-state index < -0.39 is 0 Å². The van der Waals surface area contributed by atoms with Gasteiger partial charge in [-0.25, -0.2) is 9.97 Å². The summed E-state index contributed by atoms with van der Waals surface area (Å²) >= 11 is 0. The highest BCUT2D eigenvalue weighted by atomic mass is 16.1. The van der Waals surface area contributed by atoms with E-state index in [1.54, 1.807) is 12.4 Å². The van der Waals surface area contributed by atoms with Crippen LogP contribution < -0.4 is 5.32 Å². The fraction of sp³-hybridized carbons (Fsp3) is 0.211. The van der Waals surface area contributed by atoms with Crippen LogP contribution in [0.5, 0.6) is 0 Å². The predicted molar refractivity (Wildman–Crippen MR) is 92.7 cm³/mol. The summed E-state index contributed by atoms with van der Waals surface area (Å²) in [5.41, 5.74) is 4.76. The zero-order valence-electron chi connectivity index (χ0n) is 13.6. The molecule has 1 aliphatic carbocycles. The van der Waals surface area contributed by atoms with Crippen molar-refractivity contribution >= 4 is 5.91 Å². The second-order valence-corrected chi connectivity index (χ2v) is 6.02. The van der Waals surface area contributed by atoms with E-state index in [1.807, 2.05) is 18.3 Å². The Bertz CT molecular complexity index is 893. The first-order valence-corrected chi connectivity index (χ1v) is 8.27. The first-order chi connectivity index (χ1) is 12.3. The minimum Gasteiger partial charge on any atom is -0.348 e. The Morgan fingerprint density at radius 1 is 1.08 bits per heavy atom. The lowest BCUT2D eigenvalue weighted by Gasteiger charge is -2.07. The molecule has 1 aliphatic rings. The number of nitrogens with one attached hydrogen (secondary N) is 1. The molecule has 0 radical (unpaired) electrons. The summed E-state index contributed by atoms with van der Waals surface area (Å²) in [7, 11) is 0. The van der Waals surface area contributed by atoms with Crippen LogP contribution in [0.1, 0.15) is 33.6 Å². The lowest BCUT2D eigenvalue weighted by Crippen LogP contribution is -2.23. The van der Waals surface area contributed by atoms with Crippen molar-refractivity contribution in [3.05, 3.63) is 71.6 Å². The molecule has 1 N–H and O–H groups in total. The molecule has 0 aromatic carbocycles. The van der Waals surface area contributed by atoms with Crippen molar-refractivity contribution in [2.45, 2.75) is 25.8 Å². The van der Waals surface area contributed by atoms with Crippen LogP contribution in [0.25, 0.3) is 11.4 Å². The van der Waals surface area contributed by atoms with Crippen LogP contribution >= 0.6 is 0 Å². The van der Waals surface area contributed by atoms with Crippen molar-refractivity contribution in [1.82, 2.24) is 25.3 Å². The Morgan fingerprint density at radius 3 is 2.76 bits per heavy atom. The predicted octanol–water partition coefficient (Wildman–Crippen LogP) is 2.35. The van der Waals surface area contributed by atoms with Crippen molar-refractivity contribution in [1.29, 1.82) is 0 Å². The first-order valence-electron chi connectivity index (χ1n) is 8.27. The summed E-state index contributed by atoms with van der Waals surface area (Å²) in [6.45, 7) is 0.448. The highest BCUT2D eigenvalue weighted by molar-refractivity contribution is 5.93. The maximum atomic E-state index is 12.3. The van der Waals surface area contributed by atoms with Crippen LogP contribution in [0.3, 0.4) is 0 Å². The van der Waals surface area contributed by atoms with Gasteiger partial charge in [-0.3, -0.25) is 14.8 Å². The van der Waals surface area contributed by atoms with Crippen LogP contribution in [0, 0.1) is 0 Å². The lowest BCUT2D eigenvalue weighted by molar-refractivity contribution is 0.0950. The lowest BCUT2D eigenvalue weighted by atomic mass is 10.1. The van der Waals surface area contributed by atoms with Gasteiger partial charge in [-0.15, -0.1) is 0 Å². The van der Waals surface area contributed by atoms with E-state index in [-0.39, 0.29) is 5.91 Å². The van der Waals surface area contributed by atoms with Crippen molar-refractivity contribution in [3.63, 3.8) is 0 Å². The van der Waals surface area contributed by atoms with Crippen LogP contribution in [0.4, 0.5) is 0 Å². The van der Waals surface area contributed by atoms with Crippen LogP contribution in [-0.2, 0) is 19.4 Å². The molecular weight excluding hydrogens is 314 g/mol. The molecule has 0 spiro atoms. The molecule has 0 saturated heterocycles. The number of aromatic nitrogens is 4. The number of nitrogens with zero attached hydrogens (tertiary/aromatic N) is 4. The average molecular weight is 331 g/mol. The Hall–Kier alpha value is -3.15. The van der Waals surface area contributed by atoms with Gasteiger partial charge in [0.05, 0.1) is 5.56 Å². The normalized spacial score (nSPS) is 12.6. The van der Waals surface area contributed by atoms with E-state index in [1.165, 1.54) is 30.1 Å². The van der Waals surface area contributed by atoms with Gasteiger partial charge in [0.1, 0.15) is 0 Å². The van der Waals surface area contributed by atoms with Gasteiger partial charge < -0.3 is 5.32 Å². The molecule has 25 heavy (non-hydrogen) atoms. The van der Waals surface area contributed by atoms with Crippen molar-refractivity contribution in [2.75, 3.05) is 0 Å². The van der Waals surface area contributed by atoms with Gasteiger partial charge >= 0.3 is 0 Å². The van der Waals surface area contributed by atoms with E-state index in [9.17, 15) is 4.79 Å². The second kappa shape index (κ2) is 6.76. The molecule has 6 nitrogen and oxygen atoms in total. The average Bonchev–Trinajstić information content (AvgIpc) is 3.15. The number of hydrogen-bond donors (Lipinski definition) is 1. The van der Waals surface area contributed by atoms with Gasteiger partial charge in [-0.2, -0.15) is 0 Å². The van der Waals surface area contributed by atoms with Crippen molar-refractivity contribution < 1.29 is 4.79 Å². The minimum absolute atomic E-state index is 0.196. The molecule has 124 valence electrons. The number of pyridine rings is 2. The first kappa shape index (κ1) is 15.4. The van der Waals surface area contributed by atoms with E-state index in [0.717, 1.165) is 24.0 Å². The summed E-state index contributed by atoms with van der Waals surface area (Å²) in [6, 6.07) is 5.84. The molecule has 0 saturated carbocycles. The third kappa shape index (κ3) is 3.38. The Morgan fingerprint density at radius 2 is 1.96 bits per heavy atom. The van der Waals surface area contributed by atoms with E-state index in [0.29, 0.717) is 17.9 Å². The fourth-order valence-corrected chi connectivity index (χ4v) is 2.95. The smallest absolute Gasteiger partial charge is 0.254 e. The SMILES string of the molecule is O=C(NCc1cnc2c(c1)CCC2)c1cnc(-c2cccnc2)nc1. The zero-order valence-corrected chi connectivity index (χ0v) is 13.6. The quantitative estimate of drug-likeness (QED) is 0.794. The largest absolute Gasteiger partial charge is 0.348 e. The molecule has 0 atom stereocenters. The highest BCUT2D eigenvalue weighted by Crippen LogP contribution is 2.20. The highest BCUT2D eigenvalue weighted by Gasteiger charge is 2.13. The van der Waals surface area contributed by atoms with Gasteiger partial charge in [0.2, 0.25) is 0 Å². The minimum atomic E-state index is -0.196. The summed E-state index contributed by atoms with van der Waals surface area (Å²) in [5.74, 6) is 0.353. The summed E-state index contributed by atoms with van der Waals surface area (Å²) in [5, 5.41) is 2.89. The number of carbonyl (C=O) groups excluding carboxylic acids is 1. The number of aryl methyl sites for hydroxylation is 2. The van der Waals surface area contributed by atoms with E-state index in [2.05, 4.69) is 31.3 Å². The molecule has 6 heteroatoms. The summed E-state index contributed by atoms with van der Waals surface area (Å²) < 4.78 is 0. The van der Waals surface area contributed by atoms with Gasteiger partial charge in [0, 0.05) is 48.8 Å². The van der Waals surface area contributed by atoms with Gasteiger partial charge in [0.15, 0.2) is 5.82 Å². The number of amides is 1. The molecule has 0 aliphatic heterocycles. The fourth-order valence-electron chi connectivity index (χ4n) is 2.95. The van der Waals surface area contributed by atoms with Gasteiger partial charge in [0.25, 0.3) is 5.91 Å². The molecule has 1 amide bonds. The third-order valence-electron chi connectivity index (χ3n) is 4.26. The topological polar surface area (TPSA) is 80.7 Å². The molecule has 3 aromatic heterocycles. The van der Waals surface area contributed by atoms with Crippen LogP contribution in [-0.4, -0.2) is 25.8 Å². The molecule has 0 bridgehead atoms. The Kier molecular flexibility index (Phi) is 4.16. The Labute approximate surface area is 145 Å². The number of hydrogen-bond acceptors (Lipinski definition) is 5. The van der Waals surface area contributed by atoms with E-state index >= 15 is 0 Å². The molecule has 3 aromatic rings. The standard InChI is InChI=1S/C19H17N5O/c25-19(24-9-13-7-14-3-1-5-17(14)21-8-13)16-11-22-18(23-12-16)15-4-2-6-20-10-15/h2,4,6-8,10-12H,1,3,5,9H2,(H,24,25). The molecule has 0 unspecified atom stereocenters. The zero-order chi connectivity index (χ0) is 17.1. The van der Waals surface area contributed by atoms with Gasteiger partial charge in [-0.1, -0.05) is 6.07 Å². The van der Waals surface area contributed by atoms with Crippen LogP contribution in [0.2, 0.25) is 0 Å². The van der Waals surface area contributed by atoms with Crippen molar-refractivity contribution in [2.24, 2.45) is 0 Å². The summed E-state index contributed by atoms with van der Waals surface area (Å²) in [4.78, 5) is 29.3.